The monoisotopic (exact) mass is 226 g/mol. The Morgan fingerprint density at radius 3 is 1.50 bits per heavy atom. The topological polar surface area (TPSA) is 34.1 Å². The summed E-state index contributed by atoms with van der Waals surface area (Å²) in [4.78, 5) is 22.7. The maximum absolute atomic E-state index is 11.4. The minimum Gasteiger partial charge on any atom is -0.289 e. The van der Waals surface area contributed by atoms with Crippen LogP contribution in [0.5, 0.6) is 0 Å². The molecule has 1 aromatic carbocycles. The molecule has 0 radical (unpaired) electrons. The van der Waals surface area contributed by atoms with Crippen LogP contribution in [0, 0.1) is 0 Å². The molecule has 0 spiro atoms. The van der Waals surface area contributed by atoms with Gasteiger partial charge in [-0.2, -0.15) is 0 Å². The minimum absolute atomic E-state index is 0.224. The normalized spacial score (nSPS) is 14.4. The van der Waals surface area contributed by atoms with Gasteiger partial charge >= 0.3 is 0 Å². The van der Waals surface area contributed by atoms with Crippen LogP contribution in [0.2, 0.25) is 10.0 Å². The molecule has 0 aliphatic heterocycles. The van der Waals surface area contributed by atoms with Crippen molar-refractivity contribution in [3.05, 3.63) is 45.5 Å². The van der Waals surface area contributed by atoms with Crippen molar-refractivity contribution in [3.8, 4) is 0 Å². The maximum atomic E-state index is 11.4. The van der Waals surface area contributed by atoms with Crippen LogP contribution in [0.15, 0.2) is 24.3 Å². The van der Waals surface area contributed by atoms with Gasteiger partial charge in [-0.25, -0.2) is 0 Å². The van der Waals surface area contributed by atoms with E-state index in [4.69, 9.17) is 23.2 Å². The van der Waals surface area contributed by atoms with Crippen LogP contribution in [0.4, 0.5) is 0 Å². The molecular weight excluding hydrogens is 223 g/mol. The molecule has 0 amide bonds. The Kier molecular flexibility index (Phi) is 2.17. The van der Waals surface area contributed by atoms with Gasteiger partial charge in [-0.15, -0.1) is 0 Å². The number of rotatable bonds is 0. The summed E-state index contributed by atoms with van der Waals surface area (Å²) in [7, 11) is 0. The lowest BCUT2D eigenvalue weighted by atomic mass is 9.95. The Morgan fingerprint density at radius 2 is 1.14 bits per heavy atom. The lowest BCUT2D eigenvalue weighted by molar-refractivity contribution is 0.0994. The number of hydrogen-bond acceptors (Lipinski definition) is 2. The maximum Gasteiger partial charge on any atom is 0.186 e. The van der Waals surface area contributed by atoms with Crippen LogP contribution in [-0.2, 0) is 0 Å². The summed E-state index contributed by atoms with van der Waals surface area (Å²) in [6, 6.07) is 2.84. The first-order chi connectivity index (χ1) is 6.59. The van der Waals surface area contributed by atoms with Crippen molar-refractivity contribution >= 4 is 34.8 Å². The van der Waals surface area contributed by atoms with Crippen molar-refractivity contribution in [1.82, 2.24) is 0 Å². The van der Waals surface area contributed by atoms with E-state index in [-0.39, 0.29) is 21.6 Å². The van der Waals surface area contributed by atoms with Gasteiger partial charge in [0.25, 0.3) is 0 Å². The van der Waals surface area contributed by atoms with Gasteiger partial charge in [-0.05, 0) is 24.3 Å². The van der Waals surface area contributed by atoms with Crippen LogP contribution in [0.3, 0.4) is 0 Å². The highest BCUT2D eigenvalue weighted by Gasteiger charge is 2.20. The van der Waals surface area contributed by atoms with E-state index in [1.54, 1.807) is 0 Å². The molecule has 0 aromatic heterocycles. The second-order valence-corrected chi connectivity index (χ2v) is 3.69. The third-order valence-electron chi connectivity index (χ3n) is 1.98. The average molecular weight is 227 g/mol. The number of carbonyl (C=O) groups is 2. The molecule has 1 aromatic rings. The molecule has 0 N–H and O–H groups in total. The zero-order valence-corrected chi connectivity index (χ0v) is 8.39. The zero-order chi connectivity index (χ0) is 10.3. The predicted octanol–water partition coefficient (Wildman–Crippen LogP) is 2.93. The highest BCUT2D eigenvalue weighted by molar-refractivity contribution is 6.43. The third-order valence-corrected chi connectivity index (χ3v) is 2.70. The molecule has 0 saturated carbocycles. The van der Waals surface area contributed by atoms with Gasteiger partial charge in [-0.1, -0.05) is 23.2 Å². The summed E-state index contributed by atoms with van der Waals surface area (Å²) in [5.41, 5.74) is 0.624. The molecule has 70 valence electrons. The number of halogens is 2. The van der Waals surface area contributed by atoms with Crippen LogP contribution in [0.1, 0.15) is 20.7 Å². The van der Waals surface area contributed by atoms with E-state index < -0.39 is 0 Å². The van der Waals surface area contributed by atoms with Gasteiger partial charge in [0.15, 0.2) is 11.6 Å². The molecule has 0 fully saturated rings. The van der Waals surface area contributed by atoms with Crippen LogP contribution < -0.4 is 0 Å². The molecule has 14 heavy (non-hydrogen) atoms. The highest BCUT2D eigenvalue weighted by Crippen LogP contribution is 2.28. The van der Waals surface area contributed by atoms with Gasteiger partial charge in [0.05, 0.1) is 10.0 Å². The van der Waals surface area contributed by atoms with E-state index in [1.807, 2.05) is 0 Å². The van der Waals surface area contributed by atoms with Crippen LogP contribution in [-0.4, -0.2) is 11.6 Å². The number of carbonyl (C=O) groups excluding carboxylic acids is 2. The molecule has 2 rings (SSSR count). The summed E-state index contributed by atoms with van der Waals surface area (Å²) in [5.74, 6) is -0.448. The fraction of sp³-hybridized carbons (Fsp3) is 0. The molecule has 1 aliphatic carbocycles. The molecule has 0 heterocycles. The molecular formula is C10H4Cl2O2. The SMILES string of the molecule is O=C1C=CC(=O)c2cc(Cl)c(Cl)cc21. The Balaban J connectivity index is 2.73. The van der Waals surface area contributed by atoms with Crippen LogP contribution in [0.25, 0.3) is 0 Å². The number of ketones is 2. The highest BCUT2D eigenvalue weighted by atomic mass is 35.5. The molecule has 0 unspecified atom stereocenters. The molecule has 0 bridgehead atoms. The fourth-order valence-corrected chi connectivity index (χ4v) is 1.61. The minimum atomic E-state index is -0.224. The molecule has 1 aliphatic rings. The van der Waals surface area contributed by atoms with Crippen LogP contribution >= 0.6 is 23.2 Å². The summed E-state index contributed by atoms with van der Waals surface area (Å²) in [6.07, 6.45) is 2.46. The van der Waals surface area contributed by atoms with Gasteiger partial charge in [0.2, 0.25) is 0 Å². The van der Waals surface area contributed by atoms with E-state index in [2.05, 4.69) is 0 Å². The smallest absolute Gasteiger partial charge is 0.186 e. The Bertz CT molecular complexity index is 432. The van der Waals surface area contributed by atoms with E-state index in [1.165, 1.54) is 24.3 Å². The second kappa shape index (κ2) is 3.23. The van der Waals surface area contributed by atoms with Crippen molar-refractivity contribution in [2.24, 2.45) is 0 Å². The van der Waals surface area contributed by atoms with Crippen molar-refractivity contribution in [2.45, 2.75) is 0 Å². The first-order valence-electron chi connectivity index (χ1n) is 3.85. The fourth-order valence-electron chi connectivity index (χ4n) is 1.29. The summed E-state index contributed by atoms with van der Waals surface area (Å²) in [6.45, 7) is 0. The number of allylic oxidation sites excluding steroid dienone is 2. The lowest BCUT2D eigenvalue weighted by Crippen LogP contribution is -2.11. The molecule has 4 heteroatoms. The standard InChI is InChI=1S/C10H4Cl2O2/c11-7-3-5-6(4-8(7)12)10(14)2-1-9(5)13/h1-4H. The van der Waals surface area contributed by atoms with Gasteiger partial charge in [-0.3, -0.25) is 9.59 Å². The largest absolute Gasteiger partial charge is 0.289 e. The predicted molar refractivity (Wildman–Crippen MR) is 54.3 cm³/mol. The number of fused-ring (bicyclic) bond motifs is 1. The lowest BCUT2D eigenvalue weighted by Gasteiger charge is -2.09. The van der Waals surface area contributed by atoms with Crippen molar-refractivity contribution in [2.75, 3.05) is 0 Å². The van der Waals surface area contributed by atoms with Gasteiger partial charge in [0.1, 0.15) is 0 Å². The zero-order valence-electron chi connectivity index (χ0n) is 6.88. The van der Waals surface area contributed by atoms with Gasteiger partial charge in [0, 0.05) is 11.1 Å². The molecule has 0 saturated heterocycles. The first-order valence-corrected chi connectivity index (χ1v) is 4.61. The summed E-state index contributed by atoms with van der Waals surface area (Å²) < 4.78 is 0. The quantitative estimate of drug-likeness (QED) is 0.682. The first kappa shape index (κ1) is 9.44. The molecule has 0 atom stereocenters. The molecule has 2 nitrogen and oxygen atoms in total. The summed E-state index contributed by atoms with van der Waals surface area (Å²) in [5, 5.41) is 0.559. The van der Waals surface area contributed by atoms with E-state index in [0.29, 0.717) is 11.1 Å². The van der Waals surface area contributed by atoms with Crippen molar-refractivity contribution in [1.29, 1.82) is 0 Å². The van der Waals surface area contributed by atoms with E-state index in [0.717, 1.165) is 0 Å². The second-order valence-electron chi connectivity index (χ2n) is 2.87. The van der Waals surface area contributed by atoms with E-state index in [9.17, 15) is 9.59 Å². The summed E-state index contributed by atoms with van der Waals surface area (Å²) >= 11 is 11.5. The third kappa shape index (κ3) is 1.37. The Hall–Kier alpha value is -1.12. The van der Waals surface area contributed by atoms with E-state index >= 15 is 0 Å². The van der Waals surface area contributed by atoms with Crippen molar-refractivity contribution < 1.29 is 9.59 Å². The van der Waals surface area contributed by atoms with Gasteiger partial charge < -0.3 is 0 Å². The Labute approximate surface area is 90.1 Å². The number of hydrogen-bond donors (Lipinski definition) is 0. The number of benzene rings is 1. The van der Waals surface area contributed by atoms with Crippen molar-refractivity contribution in [3.63, 3.8) is 0 Å². The average Bonchev–Trinajstić information content (AvgIpc) is 2.15. The Morgan fingerprint density at radius 1 is 0.786 bits per heavy atom.